The van der Waals surface area contributed by atoms with Crippen LogP contribution in [0.25, 0.3) is 11.4 Å². The number of ether oxygens (including phenoxy) is 8. The Hall–Kier alpha value is -5.60. The summed E-state index contributed by atoms with van der Waals surface area (Å²) >= 11 is 11.6. The van der Waals surface area contributed by atoms with Crippen molar-refractivity contribution in [2.75, 3.05) is 79.6 Å². The molecule has 2 aromatic carbocycles. The highest BCUT2D eigenvalue weighted by molar-refractivity contribution is 7.90. The summed E-state index contributed by atoms with van der Waals surface area (Å²) in [7, 11) is -1.16. The Morgan fingerprint density at radius 2 is 0.912 bits per heavy atom. The Bertz CT molecular complexity index is 2610. The predicted octanol–water partition coefficient (Wildman–Crippen LogP) is 3.95. The van der Waals surface area contributed by atoms with Gasteiger partial charge in [0.05, 0.1) is 89.6 Å². The normalized spacial score (nSPS) is 16.4. The van der Waals surface area contributed by atoms with Gasteiger partial charge in [-0.05, 0) is 24.3 Å². The molecule has 6 aromatic rings. The first kappa shape index (κ1) is 50.3. The summed E-state index contributed by atoms with van der Waals surface area (Å²) in [5.74, 6) is 2.71. The number of aromatic nitrogens is 10. The average molecular weight is 1020 g/mol. The highest BCUT2D eigenvalue weighted by Gasteiger charge is 2.32. The quantitative estimate of drug-likeness (QED) is 0.118. The second kappa shape index (κ2) is 23.1. The monoisotopic (exact) mass is 1020 g/mol. The molecule has 2 atom stereocenters. The fourth-order valence-electron chi connectivity index (χ4n) is 7.10. The molecule has 0 N–H and O–H groups in total. The molecule has 4 aromatic heterocycles. The van der Waals surface area contributed by atoms with Crippen molar-refractivity contribution >= 4 is 42.9 Å². The molecule has 0 bridgehead atoms. The topological polar surface area (TPSA) is 255 Å². The molecule has 22 nitrogen and oxygen atoms in total. The molecule has 8 rings (SSSR count). The van der Waals surface area contributed by atoms with E-state index in [1.807, 2.05) is 0 Å². The molecule has 68 heavy (non-hydrogen) atoms. The minimum Gasteiger partial charge on any atom is -0.494 e. The summed E-state index contributed by atoms with van der Waals surface area (Å²) in [5.41, 5.74) is 0.959. The Balaban J connectivity index is 0.000000201. The fraction of sp³-hybridized carbons (Fsp3) is 0.429. The van der Waals surface area contributed by atoms with Crippen LogP contribution in [0, 0.1) is 0 Å². The summed E-state index contributed by atoms with van der Waals surface area (Å²) in [6, 6.07) is 10.5. The van der Waals surface area contributed by atoms with Gasteiger partial charge in [0.2, 0.25) is 0 Å². The molecule has 26 heteroatoms. The lowest BCUT2D eigenvalue weighted by Gasteiger charge is -2.24. The van der Waals surface area contributed by atoms with E-state index >= 15 is 0 Å². The SMILES string of the molecule is COc1cccc(OC)c1-n1c(CS(=O)(=O)CCc2ncc(Cl)cn2)nnc1[C@@H]1COCCO1.COc1cccc(OC)c1-n1c(CS(=O)(=O)CCc2ncc(Cl)cn2)nnc1[C@H]1COCCO1. The zero-order valence-electron chi connectivity index (χ0n) is 37.4. The van der Waals surface area contributed by atoms with E-state index < -0.39 is 31.9 Å². The first-order valence-corrected chi connectivity index (χ1v) is 25.3. The van der Waals surface area contributed by atoms with E-state index in [0.717, 1.165) is 0 Å². The van der Waals surface area contributed by atoms with Crippen LogP contribution in [-0.2, 0) is 63.0 Å². The van der Waals surface area contributed by atoms with Gasteiger partial charge in [-0.15, -0.1) is 20.4 Å². The number of sulfone groups is 2. The number of aryl methyl sites for hydroxylation is 2. The molecule has 2 aliphatic heterocycles. The molecule has 0 amide bonds. The molecule has 2 saturated heterocycles. The number of hydrogen-bond donors (Lipinski definition) is 0. The number of hydrogen-bond acceptors (Lipinski definition) is 20. The predicted molar refractivity (Wildman–Crippen MR) is 244 cm³/mol. The van der Waals surface area contributed by atoms with Gasteiger partial charge in [0.15, 0.2) is 43.0 Å². The van der Waals surface area contributed by atoms with Crippen molar-refractivity contribution in [1.82, 2.24) is 49.5 Å². The van der Waals surface area contributed by atoms with Crippen LogP contribution < -0.4 is 18.9 Å². The maximum atomic E-state index is 13.0. The standard InChI is InChI=1S/2C21H24ClN5O6S/c2*1-30-15-4-3-5-16(31-2)20(15)27-19(25-26-21(27)17-12-32-7-8-33-17)13-34(28,29)9-6-18-23-10-14(22)11-24-18/h2*3-5,10-11,17H,6-9,12-13H2,1-2H3/t2*17-/m10/s1. The van der Waals surface area contributed by atoms with E-state index in [9.17, 15) is 16.8 Å². The summed E-state index contributed by atoms with van der Waals surface area (Å²) in [5, 5.41) is 17.7. The van der Waals surface area contributed by atoms with E-state index in [2.05, 4.69) is 40.3 Å². The van der Waals surface area contributed by atoms with Crippen LogP contribution in [0.4, 0.5) is 0 Å². The minimum atomic E-state index is -3.62. The molecule has 6 heterocycles. The number of para-hydroxylation sites is 2. The number of rotatable bonds is 18. The van der Waals surface area contributed by atoms with Crippen molar-refractivity contribution in [3.8, 4) is 34.4 Å². The fourth-order valence-corrected chi connectivity index (χ4v) is 9.73. The molecule has 2 aliphatic rings. The van der Waals surface area contributed by atoms with Crippen LogP contribution in [0.3, 0.4) is 0 Å². The van der Waals surface area contributed by atoms with Crippen molar-refractivity contribution < 1.29 is 54.7 Å². The minimum absolute atomic E-state index is 0.137. The van der Waals surface area contributed by atoms with Gasteiger partial charge in [0, 0.05) is 37.6 Å². The van der Waals surface area contributed by atoms with Crippen molar-refractivity contribution in [3.05, 3.63) is 106 Å². The third-order valence-corrected chi connectivity index (χ3v) is 13.7. The Morgan fingerprint density at radius 3 is 1.22 bits per heavy atom. The molecular formula is C42H48Cl2N10O12S2. The zero-order valence-corrected chi connectivity index (χ0v) is 40.5. The number of halogens is 2. The number of benzene rings is 2. The molecule has 0 saturated carbocycles. The Labute approximate surface area is 402 Å². The first-order chi connectivity index (χ1) is 32.8. The van der Waals surface area contributed by atoms with Gasteiger partial charge in [0.25, 0.3) is 0 Å². The van der Waals surface area contributed by atoms with Gasteiger partial charge in [-0.3, -0.25) is 9.13 Å². The number of nitrogens with zero attached hydrogens (tertiary/aromatic N) is 10. The summed E-state index contributed by atoms with van der Waals surface area (Å²) in [6.07, 6.45) is 4.93. The number of methoxy groups -OCH3 is 4. The lowest BCUT2D eigenvalue weighted by atomic mass is 10.2. The summed E-state index contributed by atoms with van der Waals surface area (Å²) in [6.45, 7) is 2.23. The summed E-state index contributed by atoms with van der Waals surface area (Å²) in [4.78, 5) is 16.2. The molecule has 2 fully saturated rings. The largest absolute Gasteiger partial charge is 0.494 e. The van der Waals surface area contributed by atoms with Gasteiger partial charge in [-0.25, -0.2) is 36.8 Å². The first-order valence-electron chi connectivity index (χ1n) is 20.9. The molecule has 0 radical (unpaired) electrons. The second-order valence-corrected chi connectivity index (χ2v) is 20.1. The summed E-state index contributed by atoms with van der Waals surface area (Å²) < 4.78 is 100. The zero-order chi connectivity index (χ0) is 48.3. The van der Waals surface area contributed by atoms with Crippen LogP contribution in [0.5, 0.6) is 23.0 Å². The highest BCUT2D eigenvalue weighted by Crippen LogP contribution is 2.38. The lowest BCUT2D eigenvalue weighted by molar-refractivity contribution is -0.0942. The lowest BCUT2D eigenvalue weighted by Crippen LogP contribution is -2.25. The smallest absolute Gasteiger partial charge is 0.169 e. The molecule has 0 unspecified atom stereocenters. The molecule has 364 valence electrons. The molecule has 0 aliphatic carbocycles. The van der Waals surface area contributed by atoms with Crippen LogP contribution in [0.1, 0.15) is 47.2 Å². The molecular weight excluding hydrogens is 972 g/mol. The Morgan fingerprint density at radius 1 is 0.559 bits per heavy atom. The van der Waals surface area contributed by atoms with Crippen molar-refractivity contribution in [2.24, 2.45) is 0 Å². The third kappa shape index (κ3) is 12.5. The van der Waals surface area contributed by atoms with Crippen LogP contribution in [-0.4, -0.2) is 146 Å². The average Bonchev–Trinajstić information content (AvgIpc) is 3.96. The highest BCUT2D eigenvalue weighted by atomic mass is 35.5. The van der Waals surface area contributed by atoms with Gasteiger partial charge in [-0.1, -0.05) is 35.3 Å². The van der Waals surface area contributed by atoms with Crippen LogP contribution in [0.2, 0.25) is 10.0 Å². The molecule has 0 spiro atoms. The maximum Gasteiger partial charge on any atom is 0.169 e. The van der Waals surface area contributed by atoms with E-state index in [-0.39, 0.29) is 60.7 Å². The van der Waals surface area contributed by atoms with Crippen molar-refractivity contribution in [1.29, 1.82) is 0 Å². The van der Waals surface area contributed by atoms with E-state index in [1.165, 1.54) is 53.2 Å². The van der Waals surface area contributed by atoms with Gasteiger partial charge >= 0.3 is 0 Å². The van der Waals surface area contributed by atoms with E-state index in [1.54, 1.807) is 45.5 Å². The Kier molecular flexibility index (Phi) is 17.1. The second-order valence-electron chi connectivity index (χ2n) is 14.8. The van der Waals surface area contributed by atoms with E-state index in [4.69, 9.17) is 61.1 Å². The van der Waals surface area contributed by atoms with Crippen molar-refractivity contribution in [3.63, 3.8) is 0 Å². The van der Waals surface area contributed by atoms with Crippen LogP contribution >= 0.6 is 23.2 Å². The van der Waals surface area contributed by atoms with E-state index in [0.29, 0.717) is 94.1 Å². The van der Waals surface area contributed by atoms with Crippen LogP contribution in [0.15, 0.2) is 61.2 Å². The van der Waals surface area contributed by atoms with Crippen molar-refractivity contribution in [2.45, 2.75) is 36.6 Å². The van der Waals surface area contributed by atoms with Gasteiger partial charge in [0.1, 0.15) is 69.7 Å². The van der Waals surface area contributed by atoms with Gasteiger partial charge < -0.3 is 37.9 Å². The third-order valence-electron chi connectivity index (χ3n) is 10.3. The maximum absolute atomic E-state index is 13.0. The van der Waals surface area contributed by atoms with Gasteiger partial charge in [-0.2, -0.15) is 0 Å².